The second kappa shape index (κ2) is 9.42. The van der Waals surface area contributed by atoms with Gasteiger partial charge in [0.2, 0.25) is 5.91 Å². The highest BCUT2D eigenvalue weighted by molar-refractivity contribution is 5.89. The summed E-state index contributed by atoms with van der Waals surface area (Å²) in [5.74, 6) is -0.403. The Morgan fingerprint density at radius 2 is 1.79 bits per heavy atom. The highest BCUT2D eigenvalue weighted by Gasteiger charge is 2.23. The summed E-state index contributed by atoms with van der Waals surface area (Å²) in [6, 6.07) is 17.7. The fourth-order valence-electron chi connectivity index (χ4n) is 3.20. The van der Waals surface area contributed by atoms with Crippen molar-refractivity contribution in [3.63, 3.8) is 0 Å². The highest BCUT2D eigenvalue weighted by atomic mass is 16.2. The maximum atomic E-state index is 12.5. The van der Waals surface area contributed by atoms with Gasteiger partial charge in [0.05, 0.1) is 12.1 Å². The molecular formula is C22H23N5O2. The molecule has 0 saturated carbocycles. The molecular weight excluding hydrogens is 366 g/mol. The van der Waals surface area contributed by atoms with Crippen LogP contribution in [0.1, 0.15) is 24.1 Å². The van der Waals surface area contributed by atoms with E-state index in [1.54, 1.807) is 0 Å². The first-order valence-corrected chi connectivity index (χ1v) is 9.40. The number of aromatic amines is 1. The fraction of sp³-hybridized carbons (Fsp3) is 0.227. The molecule has 1 aromatic heterocycles. The zero-order valence-corrected chi connectivity index (χ0v) is 16.1. The van der Waals surface area contributed by atoms with Gasteiger partial charge in [-0.15, -0.1) is 0 Å². The summed E-state index contributed by atoms with van der Waals surface area (Å²) in [6.07, 6.45) is 2.13. The lowest BCUT2D eigenvalue weighted by Crippen LogP contribution is -2.51. The van der Waals surface area contributed by atoms with Crippen LogP contribution in [0.3, 0.4) is 0 Å². The number of urea groups is 1. The molecule has 3 amide bonds. The molecule has 0 aliphatic heterocycles. The van der Waals surface area contributed by atoms with Crippen LogP contribution >= 0.6 is 0 Å². The van der Waals surface area contributed by atoms with E-state index in [-0.39, 0.29) is 12.6 Å². The summed E-state index contributed by atoms with van der Waals surface area (Å²) in [4.78, 5) is 28.2. The standard InChI is InChI=1S/C22H23N5O2/c1-15(16-7-3-2-4-8-16)26-22(29)27-20(21(28)24-12-11-23)13-17-14-25-19-10-6-5-9-18(17)19/h2-10,14-15,20,25H,12-13H2,1H3,(H,24,28)(H2,26,27,29). The SMILES string of the molecule is CC(NC(=O)NC(Cc1c[nH]c2ccccc12)C(=O)NCC#N)c1ccccc1. The molecule has 0 aliphatic carbocycles. The molecule has 2 unspecified atom stereocenters. The second-order valence-corrected chi connectivity index (χ2v) is 6.74. The molecule has 29 heavy (non-hydrogen) atoms. The van der Waals surface area contributed by atoms with E-state index < -0.39 is 18.0 Å². The van der Waals surface area contributed by atoms with Crippen LogP contribution in [0.2, 0.25) is 0 Å². The van der Waals surface area contributed by atoms with Crippen molar-refractivity contribution in [1.29, 1.82) is 5.26 Å². The van der Waals surface area contributed by atoms with Crippen molar-refractivity contribution in [2.75, 3.05) is 6.54 Å². The number of benzene rings is 2. The Morgan fingerprint density at radius 1 is 1.07 bits per heavy atom. The number of amides is 3. The number of para-hydroxylation sites is 1. The summed E-state index contributed by atoms with van der Waals surface area (Å²) < 4.78 is 0. The fourth-order valence-corrected chi connectivity index (χ4v) is 3.20. The first kappa shape index (κ1) is 20.0. The molecule has 0 saturated heterocycles. The van der Waals surface area contributed by atoms with Crippen LogP contribution in [-0.4, -0.2) is 29.5 Å². The normalized spacial score (nSPS) is 12.6. The van der Waals surface area contributed by atoms with E-state index in [1.165, 1.54) is 0 Å². The lowest BCUT2D eigenvalue weighted by Gasteiger charge is -2.20. The molecule has 3 rings (SSSR count). The van der Waals surface area contributed by atoms with Crippen LogP contribution in [0.5, 0.6) is 0 Å². The van der Waals surface area contributed by atoms with Crippen molar-refractivity contribution in [3.05, 3.63) is 71.9 Å². The number of nitrogens with one attached hydrogen (secondary N) is 4. The van der Waals surface area contributed by atoms with Gasteiger partial charge in [0.25, 0.3) is 0 Å². The summed E-state index contributed by atoms with van der Waals surface area (Å²) in [7, 11) is 0. The number of H-pyrrole nitrogens is 1. The minimum atomic E-state index is -0.814. The average Bonchev–Trinajstić information content (AvgIpc) is 3.15. The minimum absolute atomic E-state index is 0.118. The number of rotatable bonds is 7. The first-order valence-electron chi connectivity index (χ1n) is 9.40. The van der Waals surface area contributed by atoms with Gasteiger partial charge in [-0.05, 0) is 24.1 Å². The Kier molecular flexibility index (Phi) is 6.48. The number of carbonyl (C=O) groups is 2. The van der Waals surface area contributed by atoms with Crippen LogP contribution < -0.4 is 16.0 Å². The summed E-state index contributed by atoms with van der Waals surface area (Å²) in [5, 5.41) is 17.9. The van der Waals surface area contributed by atoms with E-state index in [9.17, 15) is 9.59 Å². The van der Waals surface area contributed by atoms with Gasteiger partial charge in [-0.1, -0.05) is 48.5 Å². The van der Waals surface area contributed by atoms with E-state index in [4.69, 9.17) is 5.26 Å². The van der Waals surface area contributed by atoms with Gasteiger partial charge in [0.15, 0.2) is 0 Å². The zero-order valence-electron chi connectivity index (χ0n) is 16.1. The zero-order chi connectivity index (χ0) is 20.6. The number of aromatic nitrogens is 1. The van der Waals surface area contributed by atoms with Crippen molar-refractivity contribution in [3.8, 4) is 6.07 Å². The van der Waals surface area contributed by atoms with Crippen molar-refractivity contribution in [1.82, 2.24) is 20.9 Å². The summed E-state index contributed by atoms with van der Waals surface area (Å²) in [6.45, 7) is 1.76. The quantitative estimate of drug-likeness (QED) is 0.466. The average molecular weight is 389 g/mol. The Balaban J connectivity index is 1.72. The molecule has 7 heteroatoms. The Bertz CT molecular complexity index is 1020. The van der Waals surface area contributed by atoms with E-state index in [1.807, 2.05) is 73.8 Å². The molecule has 3 aromatic rings. The largest absolute Gasteiger partial charge is 0.361 e. The van der Waals surface area contributed by atoms with Crippen molar-refractivity contribution in [2.45, 2.75) is 25.4 Å². The van der Waals surface area contributed by atoms with E-state index >= 15 is 0 Å². The van der Waals surface area contributed by atoms with Crippen molar-refractivity contribution < 1.29 is 9.59 Å². The second-order valence-electron chi connectivity index (χ2n) is 6.74. The van der Waals surface area contributed by atoms with Crippen LogP contribution in [0.4, 0.5) is 4.79 Å². The first-order chi connectivity index (χ1) is 14.1. The topological polar surface area (TPSA) is 110 Å². The third-order valence-electron chi connectivity index (χ3n) is 4.71. The Labute approximate surface area is 169 Å². The molecule has 1 heterocycles. The van der Waals surface area contributed by atoms with Crippen LogP contribution in [-0.2, 0) is 11.2 Å². The Hall–Kier alpha value is -3.79. The maximum absolute atomic E-state index is 12.5. The Morgan fingerprint density at radius 3 is 2.55 bits per heavy atom. The number of nitriles is 1. The van der Waals surface area contributed by atoms with Gasteiger partial charge < -0.3 is 20.9 Å². The molecule has 0 spiro atoms. The van der Waals surface area contributed by atoms with Gasteiger partial charge in [-0.25, -0.2) is 4.79 Å². The number of hydrogen-bond donors (Lipinski definition) is 4. The molecule has 2 atom stereocenters. The van der Waals surface area contributed by atoms with Gasteiger partial charge in [-0.2, -0.15) is 5.26 Å². The highest BCUT2D eigenvalue weighted by Crippen LogP contribution is 2.19. The van der Waals surface area contributed by atoms with E-state index in [2.05, 4.69) is 20.9 Å². The number of hydrogen-bond acceptors (Lipinski definition) is 3. The molecule has 7 nitrogen and oxygen atoms in total. The van der Waals surface area contributed by atoms with Crippen molar-refractivity contribution in [2.24, 2.45) is 0 Å². The van der Waals surface area contributed by atoms with Crippen LogP contribution in [0, 0.1) is 11.3 Å². The number of carbonyl (C=O) groups excluding carboxylic acids is 2. The molecule has 0 bridgehead atoms. The number of nitrogens with zero attached hydrogens (tertiary/aromatic N) is 1. The van der Waals surface area contributed by atoms with Gasteiger partial charge in [0.1, 0.15) is 12.6 Å². The van der Waals surface area contributed by atoms with E-state index in [0.717, 1.165) is 22.0 Å². The van der Waals surface area contributed by atoms with Gasteiger partial charge >= 0.3 is 6.03 Å². The van der Waals surface area contributed by atoms with E-state index in [0.29, 0.717) is 6.42 Å². The van der Waals surface area contributed by atoms with Crippen LogP contribution in [0.25, 0.3) is 10.9 Å². The molecule has 0 fully saturated rings. The molecule has 0 radical (unpaired) electrons. The van der Waals surface area contributed by atoms with Crippen LogP contribution in [0.15, 0.2) is 60.8 Å². The monoisotopic (exact) mass is 389 g/mol. The summed E-state index contributed by atoms with van der Waals surface area (Å²) in [5.41, 5.74) is 2.83. The maximum Gasteiger partial charge on any atom is 0.315 e. The number of fused-ring (bicyclic) bond motifs is 1. The lowest BCUT2D eigenvalue weighted by molar-refractivity contribution is -0.122. The molecule has 4 N–H and O–H groups in total. The third-order valence-corrected chi connectivity index (χ3v) is 4.71. The molecule has 2 aromatic carbocycles. The molecule has 0 aliphatic rings. The smallest absolute Gasteiger partial charge is 0.315 e. The predicted molar refractivity (Wildman–Crippen MR) is 111 cm³/mol. The van der Waals surface area contributed by atoms with Crippen molar-refractivity contribution >= 4 is 22.8 Å². The summed E-state index contributed by atoms with van der Waals surface area (Å²) >= 11 is 0. The van der Waals surface area contributed by atoms with Gasteiger partial charge in [-0.3, -0.25) is 4.79 Å². The third kappa shape index (κ3) is 5.14. The lowest BCUT2D eigenvalue weighted by atomic mass is 10.0. The van der Waals surface area contributed by atoms with Gasteiger partial charge in [0, 0.05) is 23.5 Å². The molecule has 148 valence electrons. The minimum Gasteiger partial charge on any atom is -0.361 e. The predicted octanol–water partition coefficient (Wildman–Crippen LogP) is 2.78.